The molecule has 7 heteroatoms. The third kappa shape index (κ3) is 2.30. The molecule has 1 heterocycles. The van der Waals surface area contributed by atoms with Gasteiger partial charge >= 0.3 is 5.97 Å². The highest BCUT2D eigenvalue weighted by molar-refractivity contribution is 9.10. The van der Waals surface area contributed by atoms with Crippen molar-refractivity contribution in [3.8, 4) is 0 Å². The first-order chi connectivity index (χ1) is 8.32. The molecular weight excluding hydrogens is 322 g/mol. The van der Waals surface area contributed by atoms with Crippen LogP contribution in [-0.2, 0) is 14.8 Å². The molecule has 0 bridgehead atoms. The number of benzene rings is 1. The lowest BCUT2D eigenvalue weighted by Crippen LogP contribution is -2.52. The van der Waals surface area contributed by atoms with Crippen LogP contribution in [0.3, 0.4) is 0 Å². The quantitative estimate of drug-likeness (QED) is 0.908. The Labute approximate surface area is 114 Å². The van der Waals surface area contributed by atoms with Gasteiger partial charge in [0.15, 0.2) is 0 Å². The summed E-state index contributed by atoms with van der Waals surface area (Å²) in [5, 5.41) is 8.75. The first-order valence-corrected chi connectivity index (χ1v) is 7.55. The molecule has 1 aromatic carbocycles. The van der Waals surface area contributed by atoms with Crippen LogP contribution in [-0.4, -0.2) is 36.9 Å². The van der Waals surface area contributed by atoms with E-state index in [-0.39, 0.29) is 18.0 Å². The second-order valence-electron chi connectivity index (χ2n) is 4.29. The molecule has 5 nitrogen and oxygen atoms in total. The second-order valence-corrected chi connectivity index (χ2v) is 7.05. The topological polar surface area (TPSA) is 74.7 Å². The van der Waals surface area contributed by atoms with E-state index in [4.69, 9.17) is 5.11 Å². The monoisotopic (exact) mass is 333 g/mol. The van der Waals surface area contributed by atoms with Crippen LogP contribution in [0.15, 0.2) is 27.6 Å². The molecule has 0 radical (unpaired) electrons. The summed E-state index contributed by atoms with van der Waals surface area (Å²) in [5.41, 5.74) is 0.952. The summed E-state index contributed by atoms with van der Waals surface area (Å²) in [6, 6.07) is 4.97. The molecule has 0 atom stereocenters. The molecule has 1 aliphatic heterocycles. The zero-order chi connectivity index (χ0) is 13.5. The van der Waals surface area contributed by atoms with Crippen LogP contribution in [0, 0.1) is 12.8 Å². The average molecular weight is 334 g/mol. The number of aliphatic carboxylic acids is 1. The van der Waals surface area contributed by atoms with E-state index in [0.717, 1.165) is 5.56 Å². The maximum Gasteiger partial charge on any atom is 0.309 e. The molecule has 0 unspecified atom stereocenters. The van der Waals surface area contributed by atoms with Gasteiger partial charge in [-0.1, -0.05) is 6.07 Å². The van der Waals surface area contributed by atoms with Gasteiger partial charge in [0.05, 0.1) is 10.8 Å². The van der Waals surface area contributed by atoms with E-state index in [1.54, 1.807) is 12.1 Å². The molecule has 0 amide bonds. The summed E-state index contributed by atoms with van der Waals surface area (Å²) in [4.78, 5) is 10.8. The van der Waals surface area contributed by atoms with Crippen molar-refractivity contribution in [2.24, 2.45) is 5.92 Å². The van der Waals surface area contributed by atoms with Crippen LogP contribution >= 0.6 is 15.9 Å². The summed E-state index contributed by atoms with van der Waals surface area (Å²) in [6.45, 7) is 1.95. The highest BCUT2D eigenvalue weighted by atomic mass is 79.9. The molecule has 0 spiro atoms. The van der Waals surface area contributed by atoms with Crippen molar-refractivity contribution in [2.75, 3.05) is 13.1 Å². The van der Waals surface area contributed by atoms with Crippen LogP contribution in [0.25, 0.3) is 0 Å². The number of carbonyl (C=O) groups is 1. The van der Waals surface area contributed by atoms with Crippen molar-refractivity contribution in [1.29, 1.82) is 0 Å². The maximum absolute atomic E-state index is 12.2. The summed E-state index contributed by atoms with van der Waals surface area (Å²) in [7, 11) is -3.59. The van der Waals surface area contributed by atoms with Crippen molar-refractivity contribution in [2.45, 2.75) is 11.8 Å². The van der Waals surface area contributed by atoms with Gasteiger partial charge in [0.25, 0.3) is 0 Å². The van der Waals surface area contributed by atoms with Crippen molar-refractivity contribution in [1.82, 2.24) is 4.31 Å². The molecule has 0 saturated carbocycles. The summed E-state index contributed by atoms with van der Waals surface area (Å²) in [6.07, 6.45) is 0. The standard InChI is InChI=1S/C11H12BrNO4S/c1-7-2-3-10(9(12)4-7)18(16,17)13-5-8(6-13)11(14)15/h2-4,8H,5-6H2,1H3,(H,14,15). The average Bonchev–Trinajstić information content (AvgIpc) is 2.12. The van der Waals surface area contributed by atoms with Gasteiger partial charge < -0.3 is 5.11 Å². The lowest BCUT2D eigenvalue weighted by atomic mass is 10.0. The number of carboxylic acids is 1. The number of hydrogen-bond donors (Lipinski definition) is 1. The molecule has 1 N–H and O–H groups in total. The smallest absolute Gasteiger partial charge is 0.309 e. The van der Waals surface area contributed by atoms with Gasteiger partial charge in [-0.25, -0.2) is 8.42 Å². The summed E-state index contributed by atoms with van der Waals surface area (Å²) >= 11 is 3.23. The Bertz CT molecular complexity index is 593. The van der Waals surface area contributed by atoms with Gasteiger partial charge in [-0.3, -0.25) is 4.79 Å². The van der Waals surface area contributed by atoms with E-state index in [0.29, 0.717) is 4.47 Å². The zero-order valence-electron chi connectivity index (χ0n) is 9.63. The first-order valence-electron chi connectivity index (χ1n) is 5.31. The fourth-order valence-electron chi connectivity index (χ4n) is 1.74. The first kappa shape index (κ1) is 13.5. The Hall–Kier alpha value is -0.920. The summed E-state index contributed by atoms with van der Waals surface area (Å²) in [5.74, 6) is -1.55. The Morgan fingerprint density at radius 1 is 1.44 bits per heavy atom. The number of halogens is 1. The van der Waals surface area contributed by atoms with E-state index in [1.165, 1.54) is 10.4 Å². The highest BCUT2D eigenvalue weighted by Gasteiger charge is 2.41. The predicted molar refractivity (Wildman–Crippen MR) is 68.8 cm³/mol. The Morgan fingerprint density at radius 2 is 2.06 bits per heavy atom. The van der Waals surface area contributed by atoms with Crippen LogP contribution in [0.2, 0.25) is 0 Å². The van der Waals surface area contributed by atoms with Gasteiger partial charge in [0.1, 0.15) is 0 Å². The van der Waals surface area contributed by atoms with Crippen molar-refractivity contribution < 1.29 is 18.3 Å². The molecular formula is C11H12BrNO4S. The Morgan fingerprint density at radius 3 is 2.56 bits per heavy atom. The van der Waals surface area contributed by atoms with E-state index in [9.17, 15) is 13.2 Å². The fourth-order valence-corrected chi connectivity index (χ4v) is 4.43. The number of carboxylic acid groups (broad SMARTS) is 1. The van der Waals surface area contributed by atoms with Gasteiger partial charge in [0, 0.05) is 17.6 Å². The normalized spacial score (nSPS) is 17.4. The molecule has 0 aliphatic carbocycles. The lowest BCUT2D eigenvalue weighted by Gasteiger charge is -2.35. The predicted octanol–water partition coefficient (Wildman–Crippen LogP) is 1.46. The second kappa shape index (κ2) is 4.64. The van der Waals surface area contributed by atoms with Crippen LogP contribution in [0.4, 0.5) is 0 Å². The number of aryl methyl sites for hydroxylation is 1. The Balaban J connectivity index is 2.25. The van der Waals surface area contributed by atoms with Gasteiger partial charge in [-0.05, 0) is 40.5 Å². The molecule has 1 aromatic rings. The third-order valence-corrected chi connectivity index (χ3v) is 5.71. The molecule has 98 valence electrons. The zero-order valence-corrected chi connectivity index (χ0v) is 12.0. The molecule has 1 fully saturated rings. The minimum Gasteiger partial charge on any atom is -0.481 e. The molecule has 1 aliphatic rings. The fraction of sp³-hybridized carbons (Fsp3) is 0.364. The van der Waals surface area contributed by atoms with E-state index in [1.807, 2.05) is 6.92 Å². The molecule has 1 saturated heterocycles. The Kier molecular flexibility index (Phi) is 3.48. The maximum atomic E-state index is 12.2. The molecule has 2 rings (SSSR count). The largest absolute Gasteiger partial charge is 0.481 e. The lowest BCUT2D eigenvalue weighted by molar-refractivity contribution is -0.145. The molecule has 18 heavy (non-hydrogen) atoms. The number of rotatable bonds is 3. The van der Waals surface area contributed by atoms with Crippen LogP contribution < -0.4 is 0 Å². The van der Waals surface area contributed by atoms with Crippen LogP contribution in [0.5, 0.6) is 0 Å². The summed E-state index contributed by atoms with van der Waals surface area (Å²) < 4.78 is 26.1. The van der Waals surface area contributed by atoms with Gasteiger partial charge in [0.2, 0.25) is 10.0 Å². The van der Waals surface area contributed by atoms with E-state index < -0.39 is 21.9 Å². The van der Waals surface area contributed by atoms with Gasteiger partial charge in [-0.15, -0.1) is 0 Å². The van der Waals surface area contributed by atoms with E-state index in [2.05, 4.69) is 15.9 Å². The minimum absolute atomic E-state index is 0.0397. The number of hydrogen-bond acceptors (Lipinski definition) is 3. The van der Waals surface area contributed by atoms with Crippen LogP contribution in [0.1, 0.15) is 5.56 Å². The highest BCUT2D eigenvalue weighted by Crippen LogP contribution is 2.30. The van der Waals surface area contributed by atoms with Crippen molar-refractivity contribution in [3.63, 3.8) is 0 Å². The third-order valence-electron chi connectivity index (χ3n) is 2.90. The van der Waals surface area contributed by atoms with Gasteiger partial charge in [-0.2, -0.15) is 4.31 Å². The minimum atomic E-state index is -3.59. The molecule has 0 aromatic heterocycles. The van der Waals surface area contributed by atoms with Crippen molar-refractivity contribution >= 4 is 31.9 Å². The SMILES string of the molecule is Cc1ccc(S(=O)(=O)N2CC(C(=O)O)C2)c(Br)c1. The van der Waals surface area contributed by atoms with E-state index >= 15 is 0 Å². The number of nitrogens with zero attached hydrogens (tertiary/aromatic N) is 1. The van der Waals surface area contributed by atoms with Crippen molar-refractivity contribution in [3.05, 3.63) is 28.2 Å². The number of sulfonamides is 1.